The number of nitrogens with zero attached hydrogens (tertiary/aromatic N) is 2. The predicted molar refractivity (Wildman–Crippen MR) is 83.3 cm³/mol. The minimum absolute atomic E-state index is 0.108. The number of hydrogen-bond acceptors (Lipinski definition) is 4. The Bertz CT molecular complexity index is 577. The van der Waals surface area contributed by atoms with Crippen molar-refractivity contribution in [2.45, 2.75) is 50.3 Å². The SMILES string of the molecule is C=CCN(C1CC1)S(=O)(=O)c1ccc(CNC(C)C)cn1. The highest BCUT2D eigenvalue weighted by Crippen LogP contribution is 2.31. The topological polar surface area (TPSA) is 62.3 Å². The molecule has 1 fully saturated rings. The summed E-state index contributed by atoms with van der Waals surface area (Å²) < 4.78 is 26.7. The molecule has 0 bridgehead atoms. The van der Waals surface area contributed by atoms with E-state index in [0.717, 1.165) is 18.4 Å². The fraction of sp³-hybridized carbons (Fsp3) is 0.533. The zero-order chi connectivity index (χ0) is 15.5. The molecule has 0 spiro atoms. The Morgan fingerprint density at radius 2 is 2.19 bits per heavy atom. The molecule has 0 aromatic carbocycles. The van der Waals surface area contributed by atoms with Gasteiger partial charge in [0.2, 0.25) is 0 Å². The van der Waals surface area contributed by atoms with Crippen molar-refractivity contribution in [2.75, 3.05) is 6.54 Å². The van der Waals surface area contributed by atoms with Crippen LogP contribution in [0.2, 0.25) is 0 Å². The number of hydrogen-bond donors (Lipinski definition) is 1. The summed E-state index contributed by atoms with van der Waals surface area (Å²) in [5, 5.41) is 3.39. The van der Waals surface area contributed by atoms with Gasteiger partial charge >= 0.3 is 0 Å². The lowest BCUT2D eigenvalue weighted by Gasteiger charge is -2.19. The van der Waals surface area contributed by atoms with Crippen molar-refractivity contribution < 1.29 is 8.42 Å². The van der Waals surface area contributed by atoms with Gasteiger partial charge in [-0.3, -0.25) is 0 Å². The van der Waals surface area contributed by atoms with Crippen molar-refractivity contribution in [3.05, 3.63) is 36.5 Å². The number of sulfonamides is 1. The fourth-order valence-electron chi connectivity index (χ4n) is 2.04. The van der Waals surface area contributed by atoms with Crippen LogP contribution in [0.5, 0.6) is 0 Å². The predicted octanol–water partition coefficient (Wildman–Crippen LogP) is 1.92. The Hall–Kier alpha value is -1.24. The second kappa shape index (κ2) is 6.68. The van der Waals surface area contributed by atoms with Crippen LogP contribution in [-0.4, -0.2) is 36.3 Å². The number of pyridine rings is 1. The molecule has 1 aromatic rings. The van der Waals surface area contributed by atoms with Crippen LogP contribution < -0.4 is 5.32 Å². The van der Waals surface area contributed by atoms with E-state index in [0.29, 0.717) is 19.1 Å². The molecule has 1 aromatic heterocycles. The summed E-state index contributed by atoms with van der Waals surface area (Å²) in [5.41, 5.74) is 0.976. The molecule has 1 aliphatic rings. The standard InChI is InChI=1S/C15H23N3O2S/c1-4-9-18(14-6-7-14)21(19,20)15-8-5-13(11-17-15)10-16-12(2)3/h4-5,8,11-12,14,16H,1,6-7,9-10H2,2-3H3. The lowest BCUT2D eigenvalue weighted by Crippen LogP contribution is -2.33. The molecule has 21 heavy (non-hydrogen) atoms. The van der Waals surface area contributed by atoms with Gasteiger partial charge in [-0.05, 0) is 24.5 Å². The van der Waals surface area contributed by atoms with Gasteiger partial charge in [-0.2, -0.15) is 4.31 Å². The maximum absolute atomic E-state index is 12.6. The first-order valence-corrected chi connectivity index (χ1v) is 8.70. The molecule has 6 heteroatoms. The van der Waals surface area contributed by atoms with Crippen LogP contribution in [0.25, 0.3) is 0 Å². The van der Waals surface area contributed by atoms with Gasteiger partial charge in [-0.15, -0.1) is 6.58 Å². The molecule has 1 heterocycles. The molecule has 0 aliphatic heterocycles. The van der Waals surface area contributed by atoms with Crippen LogP contribution in [-0.2, 0) is 16.6 Å². The van der Waals surface area contributed by atoms with Gasteiger partial charge in [0.1, 0.15) is 0 Å². The lowest BCUT2D eigenvalue weighted by atomic mass is 10.2. The van der Waals surface area contributed by atoms with Gasteiger partial charge in [0, 0.05) is 31.4 Å². The maximum Gasteiger partial charge on any atom is 0.261 e. The largest absolute Gasteiger partial charge is 0.310 e. The Balaban J connectivity index is 2.14. The highest BCUT2D eigenvalue weighted by atomic mass is 32.2. The normalized spacial score (nSPS) is 15.6. The van der Waals surface area contributed by atoms with Gasteiger partial charge in [-0.1, -0.05) is 26.0 Å². The second-order valence-corrected chi connectivity index (χ2v) is 7.47. The number of rotatable bonds is 8. The number of aromatic nitrogens is 1. The van der Waals surface area contributed by atoms with Crippen molar-refractivity contribution in [3.63, 3.8) is 0 Å². The quantitative estimate of drug-likeness (QED) is 0.745. The van der Waals surface area contributed by atoms with Crippen molar-refractivity contribution in [3.8, 4) is 0 Å². The zero-order valence-electron chi connectivity index (χ0n) is 12.6. The summed E-state index contributed by atoms with van der Waals surface area (Å²) in [6, 6.07) is 3.89. The first-order chi connectivity index (χ1) is 9.95. The van der Waals surface area contributed by atoms with Gasteiger partial charge in [0.15, 0.2) is 5.03 Å². The van der Waals surface area contributed by atoms with Gasteiger partial charge < -0.3 is 5.32 Å². The van der Waals surface area contributed by atoms with Crippen LogP contribution in [0, 0.1) is 0 Å². The van der Waals surface area contributed by atoms with Gasteiger partial charge in [0.25, 0.3) is 10.0 Å². The van der Waals surface area contributed by atoms with Crippen molar-refractivity contribution in [1.29, 1.82) is 0 Å². The second-order valence-electron chi connectivity index (χ2n) is 5.63. The van der Waals surface area contributed by atoms with E-state index in [1.165, 1.54) is 4.31 Å². The van der Waals surface area contributed by atoms with Crippen LogP contribution in [0.15, 0.2) is 36.0 Å². The highest BCUT2D eigenvalue weighted by molar-refractivity contribution is 7.89. The molecule has 5 nitrogen and oxygen atoms in total. The average molecular weight is 309 g/mol. The summed E-state index contributed by atoms with van der Waals surface area (Å²) in [4.78, 5) is 4.14. The molecular formula is C15H23N3O2S. The molecule has 2 rings (SSSR count). The van der Waals surface area contributed by atoms with Crippen LogP contribution >= 0.6 is 0 Å². The van der Waals surface area contributed by atoms with E-state index in [1.54, 1.807) is 18.3 Å². The molecule has 0 radical (unpaired) electrons. The number of nitrogens with one attached hydrogen (secondary N) is 1. The van der Waals surface area contributed by atoms with E-state index in [-0.39, 0.29) is 11.1 Å². The van der Waals surface area contributed by atoms with Gasteiger partial charge in [-0.25, -0.2) is 13.4 Å². The Morgan fingerprint density at radius 1 is 1.48 bits per heavy atom. The zero-order valence-corrected chi connectivity index (χ0v) is 13.4. The molecule has 0 saturated heterocycles. The third-order valence-electron chi connectivity index (χ3n) is 3.35. The van der Waals surface area contributed by atoms with Crippen LogP contribution in [0.4, 0.5) is 0 Å². The van der Waals surface area contributed by atoms with Crippen molar-refractivity contribution in [2.24, 2.45) is 0 Å². The summed E-state index contributed by atoms with van der Waals surface area (Å²) in [6.07, 6.45) is 5.09. The third-order valence-corrected chi connectivity index (χ3v) is 5.18. The Morgan fingerprint density at radius 3 is 2.67 bits per heavy atom. The monoisotopic (exact) mass is 309 g/mol. The molecule has 0 amide bonds. The van der Waals surface area contributed by atoms with E-state index < -0.39 is 10.0 Å². The van der Waals surface area contributed by atoms with E-state index in [4.69, 9.17) is 0 Å². The summed E-state index contributed by atoms with van der Waals surface area (Å²) in [5.74, 6) is 0. The van der Waals surface area contributed by atoms with E-state index >= 15 is 0 Å². The molecule has 1 saturated carbocycles. The van der Waals surface area contributed by atoms with Crippen molar-refractivity contribution >= 4 is 10.0 Å². The highest BCUT2D eigenvalue weighted by Gasteiger charge is 2.37. The minimum atomic E-state index is -3.52. The third kappa shape index (κ3) is 4.12. The summed E-state index contributed by atoms with van der Waals surface area (Å²) in [7, 11) is -3.52. The van der Waals surface area contributed by atoms with Crippen LogP contribution in [0.3, 0.4) is 0 Å². The van der Waals surface area contributed by atoms with E-state index in [9.17, 15) is 8.42 Å². The fourth-order valence-corrected chi connectivity index (χ4v) is 3.61. The minimum Gasteiger partial charge on any atom is -0.310 e. The van der Waals surface area contributed by atoms with Crippen LogP contribution in [0.1, 0.15) is 32.3 Å². The Kier molecular flexibility index (Phi) is 5.13. The average Bonchev–Trinajstić information content (AvgIpc) is 3.27. The van der Waals surface area contributed by atoms with Crippen molar-refractivity contribution in [1.82, 2.24) is 14.6 Å². The molecule has 116 valence electrons. The smallest absolute Gasteiger partial charge is 0.261 e. The van der Waals surface area contributed by atoms with Gasteiger partial charge in [0.05, 0.1) is 0 Å². The van der Waals surface area contributed by atoms with E-state index in [1.807, 2.05) is 6.07 Å². The van der Waals surface area contributed by atoms with E-state index in [2.05, 4.69) is 30.7 Å². The molecule has 1 N–H and O–H groups in total. The Labute approximate surface area is 127 Å². The molecule has 1 aliphatic carbocycles. The maximum atomic E-state index is 12.6. The molecule has 0 unspecified atom stereocenters. The lowest BCUT2D eigenvalue weighted by molar-refractivity contribution is 0.433. The first kappa shape index (κ1) is 16.1. The summed E-state index contributed by atoms with van der Waals surface area (Å²) >= 11 is 0. The molecule has 0 atom stereocenters. The summed E-state index contributed by atoms with van der Waals surface area (Å²) in [6.45, 7) is 8.79. The molecular weight excluding hydrogens is 286 g/mol. The first-order valence-electron chi connectivity index (χ1n) is 7.26.